The summed E-state index contributed by atoms with van der Waals surface area (Å²) >= 11 is 0. The molecule has 0 spiro atoms. The van der Waals surface area contributed by atoms with E-state index in [0.29, 0.717) is 24.2 Å². The third-order valence-electron chi connectivity index (χ3n) is 6.28. The quantitative estimate of drug-likeness (QED) is 0.214. The fraction of sp³-hybridized carbons (Fsp3) is 0.259. The first-order valence-electron chi connectivity index (χ1n) is 11.9. The third-order valence-corrected chi connectivity index (χ3v) is 6.87. The molecule has 10 nitrogen and oxygen atoms in total. The van der Waals surface area contributed by atoms with Gasteiger partial charge in [-0.2, -0.15) is 0 Å². The van der Waals surface area contributed by atoms with Gasteiger partial charge in [0.25, 0.3) is 0 Å². The fourth-order valence-corrected chi connectivity index (χ4v) is 4.92. The second-order valence-corrected chi connectivity index (χ2v) is 11.1. The summed E-state index contributed by atoms with van der Waals surface area (Å²) in [5.41, 5.74) is 4.96. The third kappa shape index (κ3) is 6.88. The lowest BCUT2D eigenvalue weighted by molar-refractivity contribution is -0.140. The minimum absolute atomic E-state index is 0.00148. The summed E-state index contributed by atoms with van der Waals surface area (Å²) in [4.78, 5) is 23.2. The topological polar surface area (TPSA) is 165 Å². The monoisotopic (exact) mass is 539 g/mol. The number of carbonyl (C=O) groups is 2. The summed E-state index contributed by atoms with van der Waals surface area (Å²) in [5.74, 6) is -2.10. The highest BCUT2D eigenvalue weighted by Gasteiger charge is 2.28. The van der Waals surface area contributed by atoms with Gasteiger partial charge in [0.1, 0.15) is 5.75 Å². The molecule has 0 saturated heterocycles. The van der Waals surface area contributed by atoms with Crippen molar-refractivity contribution in [2.24, 2.45) is 5.92 Å². The number of aliphatic hydroxyl groups is 1. The van der Waals surface area contributed by atoms with Crippen molar-refractivity contribution in [1.29, 1.82) is 0 Å². The van der Waals surface area contributed by atoms with Crippen LogP contribution in [0, 0.1) is 5.92 Å². The van der Waals surface area contributed by atoms with Crippen LogP contribution in [0.3, 0.4) is 0 Å². The van der Waals surface area contributed by atoms with Crippen molar-refractivity contribution in [3.8, 4) is 16.9 Å². The summed E-state index contributed by atoms with van der Waals surface area (Å²) in [7, 11) is -3.58. The molecule has 3 aromatic rings. The normalized spacial score (nSPS) is 15.8. The van der Waals surface area contributed by atoms with E-state index < -0.39 is 28.0 Å². The number of hydrogen-bond donors (Lipinski definition) is 6. The van der Waals surface area contributed by atoms with Gasteiger partial charge in [0, 0.05) is 18.8 Å². The maximum absolute atomic E-state index is 12.1. The van der Waals surface area contributed by atoms with Crippen LogP contribution in [-0.2, 0) is 32.6 Å². The number of benzene rings is 3. The lowest BCUT2D eigenvalue weighted by Gasteiger charge is -2.24. The van der Waals surface area contributed by atoms with E-state index in [9.17, 15) is 28.2 Å². The van der Waals surface area contributed by atoms with Gasteiger partial charge in [-0.1, -0.05) is 36.4 Å². The van der Waals surface area contributed by atoms with Crippen LogP contribution >= 0.6 is 0 Å². The molecule has 11 heteroatoms. The summed E-state index contributed by atoms with van der Waals surface area (Å²) in [5, 5.41) is 35.4. The summed E-state index contributed by atoms with van der Waals surface area (Å²) < 4.78 is 25.2. The Bertz CT molecular complexity index is 1460. The number of amides is 1. The van der Waals surface area contributed by atoms with E-state index in [4.69, 9.17) is 5.11 Å². The van der Waals surface area contributed by atoms with Gasteiger partial charge in [-0.3, -0.25) is 14.3 Å². The molecule has 0 aromatic heterocycles. The van der Waals surface area contributed by atoms with Crippen LogP contribution in [0.2, 0.25) is 0 Å². The molecule has 6 N–H and O–H groups in total. The minimum atomic E-state index is -3.58. The number of carbonyl (C=O) groups excluding carboxylic acids is 1. The highest BCUT2D eigenvalue weighted by Crippen LogP contribution is 2.32. The Morgan fingerprint density at radius 2 is 1.79 bits per heavy atom. The largest absolute Gasteiger partial charge is 0.506 e. The highest BCUT2D eigenvalue weighted by molar-refractivity contribution is 7.92. The van der Waals surface area contributed by atoms with Gasteiger partial charge in [0.05, 0.1) is 30.4 Å². The first-order valence-corrected chi connectivity index (χ1v) is 13.8. The van der Waals surface area contributed by atoms with Crippen LogP contribution < -0.4 is 15.4 Å². The Morgan fingerprint density at radius 3 is 2.47 bits per heavy atom. The van der Waals surface area contributed by atoms with Crippen molar-refractivity contribution in [3.05, 3.63) is 77.4 Å². The molecule has 1 aliphatic heterocycles. The zero-order valence-corrected chi connectivity index (χ0v) is 21.5. The lowest BCUT2D eigenvalue weighted by Crippen LogP contribution is -2.31. The minimum Gasteiger partial charge on any atom is -0.506 e. The second-order valence-electron chi connectivity index (χ2n) is 9.35. The molecule has 0 saturated carbocycles. The zero-order valence-electron chi connectivity index (χ0n) is 20.6. The van der Waals surface area contributed by atoms with Crippen molar-refractivity contribution in [2.75, 3.05) is 22.8 Å². The first-order chi connectivity index (χ1) is 18.0. The number of sulfonamides is 1. The van der Waals surface area contributed by atoms with E-state index in [-0.39, 0.29) is 30.3 Å². The van der Waals surface area contributed by atoms with Gasteiger partial charge in [0.2, 0.25) is 15.9 Å². The average molecular weight is 540 g/mol. The van der Waals surface area contributed by atoms with Crippen molar-refractivity contribution in [2.45, 2.75) is 25.5 Å². The maximum atomic E-state index is 12.1. The molecule has 0 bridgehead atoms. The number of anilines is 2. The standard InChI is InChI=1S/C27H29N3O7S/c1-38(36,37)30-23-12-19(7-9-24(23)31)25(32)15-28-14-16-2-4-17(5-3-16)18-6-8-22-20(10-18)11-21(13-26(33)34)27(35)29-22/h2-10,12,21,25,28,30-32H,11,13-15H2,1H3,(H,29,35)(H,33,34)/t21?,25-/m0/s1. The number of aliphatic hydroxyl groups excluding tert-OH is 1. The molecule has 38 heavy (non-hydrogen) atoms. The van der Waals surface area contributed by atoms with Crippen molar-refractivity contribution < 1.29 is 33.3 Å². The number of nitrogens with one attached hydrogen (secondary N) is 3. The van der Waals surface area contributed by atoms with E-state index in [1.807, 2.05) is 42.5 Å². The van der Waals surface area contributed by atoms with E-state index in [2.05, 4.69) is 15.4 Å². The number of carboxylic acids is 1. The van der Waals surface area contributed by atoms with Crippen LogP contribution in [0.4, 0.5) is 11.4 Å². The Labute approximate surface area is 220 Å². The summed E-state index contributed by atoms with van der Waals surface area (Å²) in [6.45, 7) is 0.690. The van der Waals surface area contributed by atoms with Crippen LogP contribution in [0.15, 0.2) is 60.7 Å². The number of rotatable bonds is 10. The molecular formula is C27H29N3O7S. The molecule has 3 aromatic carbocycles. The van der Waals surface area contributed by atoms with Gasteiger partial charge in [-0.15, -0.1) is 0 Å². The van der Waals surface area contributed by atoms with E-state index in [1.165, 1.54) is 18.2 Å². The van der Waals surface area contributed by atoms with Crippen LogP contribution in [0.25, 0.3) is 11.1 Å². The molecule has 0 radical (unpaired) electrons. The van der Waals surface area contributed by atoms with Gasteiger partial charge in [0.15, 0.2) is 0 Å². The second kappa shape index (κ2) is 11.2. The summed E-state index contributed by atoms with van der Waals surface area (Å²) in [6.07, 6.45) is 0.219. The fourth-order valence-electron chi connectivity index (χ4n) is 4.36. The molecule has 0 fully saturated rings. The molecule has 1 unspecified atom stereocenters. The van der Waals surface area contributed by atoms with E-state index >= 15 is 0 Å². The Hall–Kier alpha value is -3.93. The van der Waals surface area contributed by atoms with E-state index in [0.717, 1.165) is 28.5 Å². The van der Waals surface area contributed by atoms with Crippen molar-refractivity contribution in [1.82, 2.24) is 5.32 Å². The Morgan fingerprint density at radius 1 is 1.08 bits per heavy atom. The molecule has 2 atom stereocenters. The van der Waals surface area contributed by atoms with Gasteiger partial charge in [-0.25, -0.2) is 8.42 Å². The Kier molecular flexibility index (Phi) is 8.00. The number of phenolic OH excluding ortho intramolecular Hbond substituents is 1. The zero-order chi connectivity index (χ0) is 27.4. The predicted octanol–water partition coefficient (Wildman–Crippen LogP) is 2.84. The predicted molar refractivity (Wildman–Crippen MR) is 143 cm³/mol. The van der Waals surface area contributed by atoms with Crippen molar-refractivity contribution >= 4 is 33.3 Å². The van der Waals surface area contributed by atoms with Gasteiger partial charge in [-0.05, 0) is 58.5 Å². The van der Waals surface area contributed by atoms with E-state index in [1.54, 1.807) is 0 Å². The highest BCUT2D eigenvalue weighted by atomic mass is 32.2. The number of aromatic hydroxyl groups is 1. The molecule has 1 heterocycles. The first kappa shape index (κ1) is 27.1. The number of carboxylic acid groups (broad SMARTS) is 1. The molecule has 200 valence electrons. The lowest BCUT2D eigenvalue weighted by atomic mass is 9.89. The van der Waals surface area contributed by atoms with Gasteiger partial charge < -0.3 is 26.0 Å². The van der Waals surface area contributed by atoms with Crippen LogP contribution in [-0.4, -0.2) is 48.4 Å². The SMILES string of the molecule is CS(=O)(=O)Nc1cc([C@@H](O)CNCc2ccc(-c3ccc4c(c3)CC(CC(=O)O)C(=O)N4)cc2)ccc1O. The molecule has 0 aliphatic carbocycles. The Balaban J connectivity index is 1.36. The molecular weight excluding hydrogens is 510 g/mol. The number of fused-ring (bicyclic) bond motifs is 1. The maximum Gasteiger partial charge on any atom is 0.304 e. The molecule has 4 rings (SSSR count). The summed E-state index contributed by atoms with van der Waals surface area (Å²) in [6, 6.07) is 17.8. The molecule has 1 aliphatic rings. The molecule has 1 amide bonds. The van der Waals surface area contributed by atoms with Gasteiger partial charge >= 0.3 is 5.97 Å². The smallest absolute Gasteiger partial charge is 0.304 e. The number of phenols is 1. The average Bonchev–Trinajstić information content (AvgIpc) is 2.85. The van der Waals surface area contributed by atoms with Crippen molar-refractivity contribution in [3.63, 3.8) is 0 Å². The van der Waals surface area contributed by atoms with Crippen LogP contribution in [0.1, 0.15) is 29.2 Å². The number of aliphatic carboxylic acids is 1. The number of hydrogen-bond acceptors (Lipinski definition) is 7. The van der Waals surface area contributed by atoms with Crippen LogP contribution in [0.5, 0.6) is 5.75 Å².